The maximum absolute atomic E-state index is 4.57. The van der Waals surface area contributed by atoms with Crippen LogP contribution in [0.5, 0.6) is 0 Å². The maximum Gasteiger partial charge on any atom is 0.193 e. The predicted octanol–water partition coefficient (Wildman–Crippen LogP) is 0.828. The van der Waals surface area contributed by atoms with Crippen molar-refractivity contribution in [3.05, 3.63) is 0 Å². The zero-order valence-electron chi connectivity index (χ0n) is 14.1. The van der Waals surface area contributed by atoms with Crippen molar-refractivity contribution in [1.82, 2.24) is 20.0 Å². The summed E-state index contributed by atoms with van der Waals surface area (Å²) in [6.07, 6.45) is 7.12. The van der Waals surface area contributed by atoms with Gasteiger partial charge in [0, 0.05) is 65.4 Å². The Kier molecular flexibility index (Phi) is 4.03. The molecule has 5 heteroatoms. The Morgan fingerprint density at radius 2 is 1.86 bits per heavy atom. The number of hydrogen-bond donors (Lipinski definition) is 1. The van der Waals surface area contributed by atoms with E-state index in [1.54, 1.807) is 0 Å². The highest BCUT2D eigenvalue weighted by Crippen LogP contribution is 2.45. The molecule has 4 heterocycles. The molecule has 0 radical (unpaired) electrons. The molecule has 4 aliphatic heterocycles. The Morgan fingerprint density at radius 3 is 2.50 bits per heavy atom. The smallest absolute Gasteiger partial charge is 0.193 e. The van der Waals surface area contributed by atoms with Crippen LogP contribution in [0.4, 0.5) is 0 Å². The summed E-state index contributed by atoms with van der Waals surface area (Å²) < 4.78 is 0. The lowest BCUT2D eigenvalue weighted by molar-refractivity contribution is 0.0152. The molecule has 124 valence electrons. The minimum absolute atomic E-state index is 0.622. The molecule has 0 amide bonds. The number of hydrogen-bond acceptors (Lipinski definition) is 3. The summed E-state index contributed by atoms with van der Waals surface area (Å²) in [5.41, 5.74) is 0.622. The van der Waals surface area contributed by atoms with E-state index in [9.17, 15) is 0 Å². The molecule has 1 spiro atoms. The van der Waals surface area contributed by atoms with Gasteiger partial charge < -0.3 is 10.2 Å². The van der Waals surface area contributed by atoms with E-state index in [1.165, 1.54) is 77.9 Å². The minimum Gasteiger partial charge on any atom is -0.355 e. The molecular formula is C17H31N5. The van der Waals surface area contributed by atoms with Crippen molar-refractivity contribution in [2.45, 2.75) is 38.1 Å². The third-order valence-electron chi connectivity index (χ3n) is 6.50. The summed E-state index contributed by atoms with van der Waals surface area (Å²) in [5, 5.41) is 3.68. The van der Waals surface area contributed by atoms with Gasteiger partial charge in [-0.15, -0.1) is 0 Å². The number of nitrogens with zero attached hydrogens (tertiary/aromatic N) is 4. The molecule has 1 aliphatic carbocycles. The first kappa shape index (κ1) is 14.8. The second-order valence-corrected chi connectivity index (χ2v) is 7.80. The lowest BCUT2D eigenvalue weighted by Crippen LogP contribution is -2.64. The highest BCUT2D eigenvalue weighted by Gasteiger charge is 2.41. The molecule has 1 saturated carbocycles. The van der Waals surface area contributed by atoms with Crippen molar-refractivity contribution in [1.29, 1.82) is 0 Å². The first-order valence-electron chi connectivity index (χ1n) is 9.20. The summed E-state index contributed by atoms with van der Waals surface area (Å²) in [4.78, 5) is 12.4. The Hall–Kier alpha value is -0.810. The number of aliphatic imine (C=N–C) groups is 1. The maximum atomic E-state index is 4.57. The first-order valence-corrected chi connectivity index (χ1v) is 9.20. The minimum atomic E-state index is 0.622. The molecule has 22 heavy (non-hydrogen) atoms. The average molecular weight is 305 g/mol. The molecule has 5 fully saturated rings. The fraction of sp³-hybridized carbons (Fsp3) is 0.941. The van der Waals surface area contributed by atoms with Gasteiger partial charge in [-0.1, -0.05) is 12.8 Å². The molecule has 1 N–H and O–H groups in total. The number of rotatable bonds is 2. The quantitative estimate of drug-likeness (QED) is 0.605. The van der Waals surface area contributed by atoms with Gasteiger partial charge >= 0.3 is 0 Å². The molecule has 0 aromatic heterocycles. The van der Waals surface area contributed by atoms with Crippen LogP contribution in [-0.2, 0) is 0 Å². The molecule has 4 saturated heterocycles. The van der Waals surface area contributed by atoms with Crippen molar-refractivity contribution in [3.8, 4) is 0 Å². The van der Waals surface area contributed by atoms with E-state index in [0.29, 0.717) is 11.5 Å². The number of likely N-dealkylation sites (tertiary alicyclic amines) is 1. The second-order valence-electron chi connectivity index (χ2n) is 7.80. The average Bonchev–Trinajstić information content (AvgIpc) is 3.20. The summed E-state index contributed by atoms with van der Waals surface area (Å²) >= 11 is 0. The van der Waals surface area contributed by atoms with Crippen LogP contribution in [0, 0.1) is 5.41 Å². The molecular weight excluding hydrogens is 274 g/mol. The van der Waals surface area contributed by atoms with E-state index in [1.807, 2.05) is 7.05 Å². The first-order chi connectivity index (χ1) is 10.8. The van der Waals surface area contributed by atoms with Gasteiger partial charge in [0.1, 0.15) is 0 Å². The van der Waals surface area contributed by atoms with Crippen molar-refractivity contribution >= 4 is 5.96 Å². The fourth-order valence-corrected chi connectivity index (χ4v) is 5.11. The van der Waals surface area contributed by atoms with Crippen LogP contribution in [0.3, 0.4) is 0 Å². The summed E-state index contributed by atoms with van der Waals surface area (Å²) in [7, 11) is 1.94. The standard InChI is InChI=1S/C17H31N5/c1-18-16(22-7-6-17(14-22)4-2-3-5-17)19-12-15-13-20-8-10-21(15)11-9-20/h15H,2-14H2,1H3,(H,18,19). The Morgan fingerprint density at radius 1 is 1.09 bits per heavy atom. The van der Waals surface area contributed by atoms with Crippen molar-refractivity contribution in [2.75, 3.05) is 59.4 Å². The van der Waals surface area contributed by atoms with E-state index >= 15 is 0 Å². The topological polar surface area (TPSA) is 34.1 Å². The molecule has 1 atom stereocenters. The van der Waals surface area contributed by atoms with Crippen molar-refractivity contribution in [2.24, 2.45) is 10.4 Å². The van der Waals surface area contributed by atoms with Gasteiger partial charge in [-0.3, -0.25) is 14.8 Å². The van der Waals surface area contributed by atoms with Gasteiger partial charge in [0.25, 0.3) is 0 Å². The number of guanidine groups is 1. The van der Waals surface area contributed by atoms with Crippen LogP contribution < -0.4 is 5.32 Å². The zero-order valence-corrected chi connectivity index (χ0v) is 14.1. The largest absolute Gasteiger partial charge is 0.355 e. The third kappa shape index (κ3) is 2.73. The van der Waals surface area contributed by atoms with Crippen LogP contribution >= 0.6 is 0 Å². The van der Waals surface area contributed by atoms with E-state index in [-0.39, 0.29) is 0 Å². The van der Waals surface area contributed by atoms with Gasteiger partial charge in [0.15, 0.2) is 5.96 Å². The number of piperazine rings is 3. The Labute approximate surface area is 134 Å². The van der Waals surface area contributed by atoms with Crippen molar-refractivity contribution in [3.63, 3.8) is 0 Å². The molecule has 5 rings (SSSR count). The lowest BCUT2D eigenvalue weighted by Gasteiger charge is -2.47. The SMILES string of the molecule is CN=C(NCC1CN2CCN1CC2)N1CCC2(CCCC2)C1. The fourth-order valence-electron chi connectivity index (χ4n) is 5.11. The molecule has 2 bridgehead atoms. The summed E-state index contributed by atoms with van der Waals surface area (Å²) in [6, 6.07) is 0.669. The third-order valence-corrected chi connectivity index (χ3v) is 6.50. The van der Waals surface area contributed by atoms with E-state index < -0.39 is 0 Å². The van der Waals surface area contributed by atoms with Crippen LogP contribution in [0.25, 0.3) is 0 Å². The van der Waals surface area contributed by atoms with Crippen molar-refractivity contribution < 1.29 is 0 Å². The number of fused-ring (bicyclic) bond motifs is 3. The molecule has 5 aliphatic rings. The Balaban J connectivity index is 1.31. The van der Waals surface area contributed by atoms with E-state index in [2.05, 4.69) is 25.0 Å². The normalized spacial score (nSPS) is 37.2. The zero-order chi connectivity index (χ0) is 15.0. The Bertz CT molecular complexity index is 421. The van der Waals surface area contributed by atoms with Gasteiger partial charge in [0.2, 0.25) is 0 Å². The van der Waals surface area contributed by atoms with Gasteiger partial charge in [-0.2, -0.15) is 0 Å². The highest BCUT2D eigenvalue weighted by atomic mass is 15.4. The van der Waals surface area contributed by atoms with E-state index in [0.717, 1.165) is 12.5 Å². The molecule has 0 aromatic carbocycles. The lowest BCUT2D eigenvalue weighted by atomic mass is 9.86. The monoisotopic (exact) mass is 305 g/mol. The molecule has 0 aromatic rings. The summed E-state index contributed by atoms with van der Waals surface area (Å²) in [5.74, 6) is 1.14. The van der Waals surface area contributed by atoms with Crippen LogP contribution in [0.15, 0.2) is 4.99 Å². The van der Waals surface area contributed by atoms with Crippen LogP contribution in [-0.4, -0.2) is 86.1 Å². The molecule has 1 unspecified atom stereocenters. The van der Waals surface area contributed by atoms with Crippen LogP contribution in [0.1, 0.15) is 32.1 Å². The van der Waals surface area contributed by atoms with Gasteiger partial charge in [-0.05, 0) is 24.7 Å². The number of nitrogens with one attached hydrogen (secondary N) is 1. The van der Waals surface area contributed by atoms with E-state index in [4.69, 9.17) is 0 Å². The molecule has 5 nitrogen and oxygen atoms in total. The highest BCUT2D eigenvalue weighted by molar-refractivity contribution is 5.80. The second kappa shape index (κ2) is 6.00. The van der Waals surface area contributed by atoms with Crippen LogP contribution in [0.2, 0.25) is 0 Å². The van der Waals surface area contributed by atoms with Gasteiger partial charge in [-0.25, -0.2) is 0 Å². The van der Waals surface area contributed by atoms with Gasteiger partial charge in [0.05, 0.1) is 0 Å². The predicted molar refractivity (Wildman–Crippen MR) is 90.3 cm³/mol. The summed E-state index contributed by atoms with van der Waals surface area (Å²) in [6.45, 7) is 9.73.